The summed E-state index contributed by atoms with van der Waals surface area (Å²) in [5, 5.41) is 3.34. The highest BCUT2D eigenvalue weighted by molar-refractivity contribution is 5.52. The van der Waals surface area contributed by atoms with Gasteiger partial charge in [-0.2, -0.15) is 0 Å². The Morgan fingerprint density at radius 3 is 2.53 bits per heavy atom. The molecule has 0 amide bonds. The molecule has 1 atom stereocenters. The molecule has 0 aromatic heterocycles. The minimum Gasteiger partial charge on any atom is -0.383 e. The molecule has 5 N–H and O–H groups in total. The zero-order valence-corrected chi connectivity index (χ0v) is 9.53. The van der Waals surface area contributed by atoms with E-state index in [-0.39, 0.29) is 6.04 Å². The van der Waals surface area contributed by atoms with E-state index in [0.717, 1.165) is 12.2 Å². The van der Waals surface area contributed by atoms with Crippen molar-refractivity contribution in [3.05, 3.63) is 29.8 Å². The minimum absolute atomic E-state index is 0.0187. The molecule has 0 aliphatic rings. The predicted octanol–water partition coefficient (Wildman–Crippen LogP) is 1.51. The van der Waals surface area contributed by atoms with Gasteiger partial charge < -0.3 is 16.8 Å². The molecule has 3 heteroatoms. The Morgan fingerprint density at radius 1 is 1.27 bits per heavy atom. The number of nitrogens with one attached hydrogen (secondary N) is 1. The first-order valence-corrected chi connectivity index (χ1v) is 5.43. The van der Waals surface area contributed by atoms with Gasteiger partial charge in [-0.1, -0.05) is 32.0 Å². The molecule has 0 spiro atoms. The average molecular weight is 207 g/mol. The van der Waals surface area contributed by atoms with Gasteiger partial charge in [0.25, 0.3) is 0 Å². The SMILES string of the molecule is CC(C)c1ccccc1NCC(N)CN. The van der Waals surface area contributed by atoms with Gasteiger partial charge in [-0.15, -0.1) is 0 Å². The molecule has 0 aliphatic carbocycles. The minimum atomic E-state index is 0.0187. The molecule has 0 aliphatic heterocycles. The van der Waals surface area contributed by atoms with Crippen molar-refractivity contribution in [3.8, 4) is 0 Å². The molecule has 0 bridgehead atoms. The number of benzene rings is 1. The van der Waals surface area contributed by atoms with Crippen molar-refractivity contribution in [1.82, 2.24) is 0 Å². The summed E-state index contributed by atoms with van der Waals surface area (Å²) in [6.45, 7) is 5.60. The van der Waals surface area contributed by atoms with E-state index < -0.39 is 0 Å². The van der Waals surface area contributed by atoms with Crippen LogP contribution in [0.3, 0.4) is 0 Å². The van der Waals surface area contributed by atoms with Crippen LogP contribution in [0.25, 0.3) is 0 Å². The largest absolute Gasteiger partial charge is 0.383 e. The standard InChI is InChI=1S/C12H21N3/c1-9(2)11-5-3-4-6-12(11)15-8-10(14)7-13/h3-6,9-10,15H,7-8,13-14H2,1-2H3. The number of hydrogen-bond acceptors (Lipinski definition) is 3. The monoisotopic (exact) mass is 207 g/mol. The summed E-state index contributed by atoms with van der Waals surface area (Å²) in [6.07, 6.45) is 0. The van der Waals surface area contributed by atoms with Crippen LogP contribution in [0.2, 0.25) is 0 Å². The molecule has 1 aromatic carbocycles. The quantitative estimate of drug-likeness (QED) is 0.685. The van der Waals surface area contributed by atoms with Crippen molar-refractivity contribution in [1.29, 1.82) is 0 Å². The van der Waals surface area contributed by atoms with Gasteiger partial charge in [-0.25, -0.2) is 0 Å². The van der Waals surface area contributed by atoms with E-state index in [1.54, 1.807) is 0 Å². The number of nitrogens with two attached hydrogens (primary N) is 2. The molecule has 0 heterocycles. The van der Waals surface area contributed by atoms with E-state index in [4.69, 9.17) is 11.5 Å². The summed E-state index contributed by atoms with van der Waals surface area (Å²) in [5.74, 6) is 0.516. The van der Waals surface area contributed by atoms with Crippen LogP contribution in [0.1, 0.15) is 25.3 Å². The van der Waals surface area contributed by atoms with Gasteiger partial charge in [0.2, 0.25) is 0 Å². The van der Waals surface area contributed by atoms with E-state index in [1.165, 1.54) is 5.56 Å². The van der Waals surface area contributed by atoms with Crippen LogP contribution in [0, 0.1) is 0 Å². The van der Waals surface area contributed by atoms with Gasteiger partial charge in [0.15, 0.2) is 0 Å². The van der Waals surface area contributed by atoms with Crippen LogP contribution in [-0.2, 0) is 0 Å². The smallest absolute Gasteiger partial charge is 0.0375 e. The molecule has 1 unspecified atom stereocenters. The van der Waals surface area contributed by atoms with Crippen molar-refractivity contribution in [2.75, 3.05) is 18.4 Å². The highest BCUT2D eigenvalue weighted by atomic mass is 14.9. The van der Waals surface area contributed by atoms with Crippen molar-refractivity contribution in [2.24, 2.45) is 11.5 Å². The maximum atomic E-state index is 5.76. The normalized spacial score (nSPS) is 12.9. The molecule has 0 fully saturated rings. The number of rotatable bonds is 5. The van der Waals surface area contributed by atoms with Crippen LogP contribution in [0.15, 0.2) is 24.3 Å². The maximum absolute atomic E-state index is 5.76. The Morgan fingerprint density at radius 2 is 1.93 bits per heavy atom. The van der Waals surface area contributed by atoms with E-state index >= 15 is 0 Å². The highest BCUT2D eigenvalue weighted by Crippen LogP contribution is 2.23. The molecule has 0 saturated heterocycles. The Kier molecular flexibility index (Phi) is 4.59. The lowest BCUT2D eigenvalue weighted by Crippen LogP contribution is -2.36. The first-order valence-electron chi connectivity index (χ1n) is 5.43. The van der Waals surface area contributed by atoms with E-state index in [0.29, 0.717) is 12.5 Å². The van der Waals surface area contributed by atoms with Gasteiger partial charge in [-0.05, 0) is 17.5 Å². The topological polar surface area (TPSA) is 64.1 Å². The first kappa shape index (κ1) is 12.0. The van der Waals surface area contributed by atoms with Crippen LogP contribution >= 0.6 is 0 Å². The Balaban J connectivity index is 2.67. The van der Waals surface area contributed by atoms with Crippen LogP contribution in [-0.4, -0.2) is 19.1 Å². The Bertz CT molecular complexity index is 297. The van der Waals surface area contributed by atoms with Gasteiger partial charge in [0.1, 0.15) is 0 Å². The summed E-state index contributed by atoms with van der Waals surface area (Å²) in [6, 6.07) is 8.33. The molecule has 1 aromatic rings. The summed E-state index contributed by atoms with van der Waals surface area (Å²) < 4.78 is 0. The van der Waals surface area contributed by atoms with Crippen molar-refractivity contribution in [2.45, 2.75) is 25.8 Å². The lowest BCUT2D eigenvalue weighted by molar-refractivity contribution is 0.711. The molecule has 3 nitrogen and oxygen atoms in total. The second-order valence-corrected chi connectivity index (χ2v) is 4.12. The zero-order chi connectivity index (χ0) is 11.3. The van der Waals surface area contributed by atoms with Crippen molar-refractivity contribution >= 4 is 5.69 Å². The summed E-state index contributed by atoms with van der Waals surface area (Å²) in [4.78, 5) is 0. The molecular weight excluding hydrogens is 186 g/mol. The third-order valence-electron chi connectivity index (χ3n) is 2.44. The van der Waals surface area contributed by atoms with Crippen LogP contribution in [0.4, 0.5) is 5.69 Å². The number of hydrogen-bond donors (Lipinski definition) is 3. The Hall–Kier alpha value is -1.06. The van der Waals surface area contributed by atoms with Gasteiger partial charge in [-0.3, -0.25) is 0 Å². The third kappa shape index (κ3) is 3.53. The highest BCUT2D eigenvalue weighted by Gasteiger charge is 2.06. The second-order valence-electron chi connectivity index (χ2n) is 4.12. The zero-order valence-electron chi connectivity index (χ0n) is 9.53. The van der Waals surface area contributed by atoms with Crippen LogP contribution < -0.4 is 16.8 Å². The second kappa shape index (κ2) is 5.73. The van der Waals surface area contributed by atoms with E-state index in [1.807, 2.05) is 6.07 Å². The summed E-state index contributed by atoms with van der Waals surface area (Å²) in [7, 11) is 0. The fourth-order valence-electron chi connectivity index (χ4n) is 1.49. The van der Waals surface area contributed by atoms with Gasteiger partial charge in [0, 0.05) is 24.8 Å². The van der Waals surface area contributed by atoms with E-state index in [9.17, 15) is 0 Å². The lowest BCUT2D eigenvalue weighted by atomic mass is 10.0. The third-order valence-corrected chi connectivity index (χ3v) is 2.44. The fraction of sp³-hybridized carbons (Fsp3) is 0.500. The first-order chi connectivity index (χ1) is 7.15. The molecular formula is C12H21N3. The molecule has 1 rings (SSSR count). The fourth-order valence-corrected chi connectivity index (χ4v) is 1.49. The lowest BCUT2D eigenvalue weighted by Gasteiger charge is -2.16. The molecule has 84 valence electrons. The van der Waals surface area contributed by atoms with Crippen LogP contribution in [0.5, 0.6) is 0 Å². The van der Waals surface area contributed by atoms with Gasteiger partial charge >= 0.3 is 0 Å². The molecule has 0 radical (unpaired) electrons. The average Bonchev–Trinajstić information content (AvgIpc) is 2.26. The van der Waals surface area contributed by atoms with Crippen molar-refractivity contribution < 1.29 is 0 Å². The molecule has 0 saturated carbocycles. The Labute approximate surface area is 91.9 Å². The maximum Gasteiger partial charge on any atom is 0.0375 e. The van der Waals surface area contributed by atoms with Gasteiger partial charge in [0.05, 0.1) is 0 Å². The van der Waals surface area contributed by atoms with Crippen molar-refractivity contribution in [3.63, 3.8) is 0 Å². The van der Waals surface area contributed by atoms with E-state index in [2.05, 4.69) is 37.4 Å². The summed E-state index contributed by atoms with van der Waals surface area (Å²) >= 11 is 0. The number of para-hydroxylation sites is 1. The summed E-state index contributed by atoms with van der Waals surface area (Å²) in [5.41, 5.74) is 13.7. The number of anilines is 1. The predicted molar refractivity (Wildman–Crippen MR) is 66.1 cm³/mol. The molecule has 15 heavy (non-hydrogen) atoms.